The Bertz CT molecular complexity index is 1130. The number of anilines is 1. The molecule has 0 saturated heterocycles. The predicted octanol–water partition coefficient (Wildman–Crippen LogP) is 0.573. The van der Waals surface area contributed by atoms with Crippen molar-refractivity contribution in [2.24, 2.45) is 5.10 Å². The van der Waals surface area contributed by atoms with Gasteiger partial charge in [-0.1, -0.05) is 36.4 Å². The number of H-pyrrole nitrogens is 1. The summed E-state index contributed by atoms with van der Waals surface area (Å²) in [6.45, 7) is 0. The number of nitriles is 1. The van der Waals surface area contributed by atoms with Crippen molar-refractivity contribution in [2.75, 3.05) is 5.43 Å². The van der Waals surface area contributed by atoms with Crippen LogP contribution in [0, 0.1) is 17.1 Å². The lowest BCUT2D eigenvalue weighted by atomic mass is 9.77. The fraction of sp³-hybridized carbons (Fsp3) is 0. The van der Waals surface area contributed by atoms with E-state index in [0.29, 0.717) is 5.56 Å². The lowest BCUT2D eigenvalue weighted by Gasteiger charge is -2.07. The average Bonchev–Trinajstić information content (AvgIpc) is 2.68. The molecule has 0 bridgehead atoms. The Kier molecular flexibility index (Phi) is 5.60. The number of benzene rings is 2. The smallest absolute Gasteiger partial charge is 0.423 e. The number of hydrazone groups is 1. The molecule has 138 valence electrons. The molecule has 1 heterocycles. The van der Waals surface area contributed by atoms with Crippen LogP contribution in [0.5, 0.6) is 0 Å². The van der Waals surface area contributed by atoms with E-state index in [2.05, 4.69) is 20.5 Å². The molecule has 0 aliphatic heterocycles. The second kappa shape index (κ2) is 8.26. The van der Waals surface area contributed by atoms with E-state index in [1.807, 2.05) is 6.07 Å². The first-order valence-electron chi connectivity index (χ1n) is 8.04. The highest BCUT2D eigenvalue weighted by Crippen LogP contribution is 2.19. The standard InChI is InChI=1S/C18H13BFN5O3/c20-13-6-7-15(19(27)28)12(8-13)10-22-25-18-23-16(11-4-2-1-3-5-11)14(9-21)17(26)24-18/h1-8,10,27-28H,(H2,23,24,25,26). The number of rotatable bonds is 5. The van der Waals surface area contributed by atoms with Gasteiger partial charge in [-0.2, -0.15) is 10.4 Å². The molecule has 0 aliphatic rings. The third-order valence-corrected chi connectivity index (χ3v) is 3.78. The largest absolute Gasteiger partial charge is 0.489 e. The van der Waals surface area contributed by atoms with Crippen molar-refractivity contribution in [1.29, 1.82) is 5.26 Å². The second-order valence-electron chi connectivity index (χ2n) is 5.63. The highest BCUT2D eigenvalue weighted by molar-refractivity contribution is 6.60. The highest BCUT2D eigenvalue weighted by atomic mass is 19.1. The molecule has 3 rings (SSSR count). The first-order chi connectivity index (χ1) is 13.5. The van der Waals surface area contributed by atoms with Gasteiger partial charge in [0.25, 0.3) is 5.56 Å². The van der Waals surface area contributed by atoms with E-state index in [1.165, 1.54) is 6.07 Å². The van der Waals surface area contributed by atoms with Crippen LogP contribution in [-0.4, -0.2) is 33.3 Å². The maximum Gasteiger partial charge on any atom is 0.489 e. The van der Waals surface area contributed by atoms with Crippen molar-refractivity contribution in [3.8, 4) is 17.3 Å². The van der Waals surface area contributed by atoms with E-state index in [-0.39, 0.29) is 28.2 Å². The summed E-state index contributed by atoms with van der Waals surface area (Å²) >= 11 is 0. The molecule has 0 saturated carbocycles. The average molecular weight is 377 g/mol. The molecule has 0 radical (unpaired) electrons. The minimum Gasteiger partial charge on any atom is -0.423 e. The summed E-state index contributed by atoms with van der Waals surface area (Å²) in [6.07, 6.45) is 1.15. The molecule has 1 aromatic heterocycles. The Labute approximate surface area is 158 Å². The van der Waals surface area contributed by atoms with Gasteiger partial charge in [0, 0.05) is 5.56 Å². The van der Waals surface area contributed by atoms with Gasteiger partial charge < -0.3 is 10.0 Å². The Morgan fingerprint density at radius 1 is 1.25 bits per heavy atom. The summed E-state index contributed by atoms with van der Waals surface area (Å²) in [5.74, 6) is -0.622. The molecular weight excluding hydrogens is 364 g/mol. The number of hydrogen-bond acceptors (Lipinski definition) is 7. The van der Waals surface area contributed by atoms with E-state index in [0.717, 1.165) is 18.3 Å². The minimum absolute atomic E-state index is 0.0402. The number of hydrogen-bond donors (Lipinski definition) is 4. The van der Waals surface area contributed by atoms with Gasteiger partial charge in [0.1, 0.15) is 17.4 Å². The third kappa shape index (κ3) is 4.12. The summed E-state index contributed by atoms with van der Waals surface area (Å²) in [6, 6.07) is 13.9. The Morgan fingerprint density at radius 2 is 2.00 bits per heavy atom. The van der Waals surface area contributed by atoms with Crippen LogP contribution in [0.15, 0.2) is 58.4 Å². The van der Waals surface area contributed by atoms with E-state index in [4.69, 9.17) is 0 Å². The SMILES string of the molecule is N#Cc1c(-c2ccccc2)nc(NN=Cc2cc(F)ccc2B(O)O)[nH]c1=O. The molecule has 4 N–H and O–H groups in total. The first kappa shape index (κ1) is 19.0. The van der Waals surface area contributed by atoms with Gasteiger partial charge in [0.05, 0.1) is 11.9 Å². The summed E-state index contributed by atoms with van der Waals surface area (Å²) in [5.41, 5.74) is 2.64. The number of halogens is 1. The normalized spacial score (nSPS) is 10.6. The molecule has 2 aromatic carbocycles. The molecule has 0 amide bonds. The third-order valence-electron chi connectivity index (χ3n) is 3.78. The van der Waals surface area contributed by atoms with Crippen LogP contribution in [0.4, 0.5) is 10.3 Å². The number of aromatic nitrogens is 2. The molecule has 28 heavy (non-hydrogen) atoms. The number of nitrogens with zero attached hydrogens (tertiary/aromatic N) is 3. The topological polar surface area (TPSA) is 134 Å². The maximum atomic E-state index is 13.4. The zero-order valence-electron chi connectivity index (χ0n) is 14.3. The van der Waals surface area contributed by atoms with Crippen LogP contribution in [0.2, 0.25) is 0 Å². The van der Waals surface area contributed by atoms with Crippen LogP contribution in [0.3, 0.4) is 0 Å². The highest BCUT2D eigenvalue weighted by Gasteiger charge is 2.16. The van der Waals surface area contributed by atoms with Crippen molar-refractivity contribution in [3.63, 3.8) is 0 Å². The molecule has 0 atom stereocenters. The minimum atomic E-state index is -1.81. The molecule has 0 fully saturated rings. The van der Waals surface area contributed by atoms with Gasteiger partial charge in [0.2, 0.25) is 5.95 Å². The zero-order valence-corrected chi connectivity index (χ0v) is 14.3. The second-order valence-corrected chi connectivity index (χ2v) is 5.63. The predicted molar refractivity (Wildman–Crippen MR) is 102 cm³/mol. The van der Waals surface area contributed by atoms with Crippen LogP contribution in [0.1, 0.15) is 11.1 Å². The van der Waals surface area contributed by atoms with Gasteiger partial charge in [-0.15, -0.1) is 0 Å². The zero-order chi connectivity index (χ0) is 20.1. The summed E-state index contributed by atoms with van der Waals surface area (Å²) < 4.78 is 13.4. The summed E-state index contributed by atoms with van der Waals surface area (Å²) in [5, 5.41) is 31.7. The number of aromatic amines is 1. The van der Waals surface area contributed by atoms with E-state index in [9.17, 15) is 24.5 Å². The first-order valence-corrected chi connectivity index (χ1v) is 8.04. The van der Waals surface area contributed by atoms with Crippen LogP contribution < -0.4 is 16.4 Å². The molecule has 10 heteroatoms. The Morgan fingerprint density at radius 3 is 2.68 bits per heavy atom. The maximum absolute atomic E-state index is 13.4. The van der Waals surface area contributed by atoms with Gasteiger partial charge in [0.15, 0.2) is 0 Å². The molecule has 0 spiro atoms. The lowest BCUT2D eigenvalue weighted by Crippen LogP contribution is -2.33. The van der Waals surface area contributed by atoms with E-state index in [1.54, 1.807) is 30.3 Å². The quantitative estimate of drug-likeness (QED) is 0.292. The monoisotopic (exact) mass is 377 g/mol. The Balaban J connectivity index is 1.94. The van der Waals surface area contributed by atoms with Crippen molar-refractivity contribution in [3.05, 3.63) is 75.8 Å². The van der Waals surface area contributed by atoms with Crippen molar-refractivity contribution >= 4 is 24.7 Å². The number of nitrogens with one attached hydrogen (secondary N) is 2. The van der Waals surface area contributed by atoms with Gasteiger partial charge in [-0.05, 0) is 23.2 Å². The van der Waals surface area contributed by atoms with Crippen molar-refractivity contribution < 1.29 is 14.4 Å². The van der Waals surface area contributed by atoms with Gasteiger partial charge >= 0.3 is 7.12 Å². The molecule has 0 unspecified atom stereocenters. The van der Waals surface area contributed by atoms with Crippen LogP contribution in [-0.2, 0) is 0 Å². The fourth-order valence-electron chi connectivity index (χ4n) is 2.49. The van der Waals surface area contributed by atoms with E-state index < -0.39 is 18.5 Å². The molecular formula is C18H13BFN5O3. The molecule has 3 aromatic rings. The van der Waals surface area contributed by atoms with E-state index >= 15 is 0 Å². The Hall–Kier alpha value is -3.81. The van der Waals surface area contributed by atoms with Gasteiger partial charge in [-0.25, -0.2) is 14.8 Å². The fourth-order valence-corrected chi connectivity index (χ4v) is 2.49. The summed E-state index contributed by atoms with van der Waals surface area (Å²) in [7, 11) is -1.81. The van der Waals surface area contributed by atoms with Crippen LogP contribution >= 0.6 is 0 Å². The summed E-state index contributed by atoms with van der Waals surface area (Å²) in [4.78, 5) is 18.8. The lowest BCUT2D eigenvalue weighted by molar-refractivity contribution is 0.425. The molecule has 8 nitrogen and oxygen atoms in total. The molecule has 0 aliphatic carbocycles. The van der Waals surface area contributed by atoms with Gasteiger partial charge in [-0.3, -0.25) is 9.78 Å². The van der Waals surface area contributed by atoms with Crippen LogP contribution in [0.25, 0.3) is 11.3 Å². The van der Waals surface area contributed by atoms with Crippen molar-refractivity contribution in [1.82, 2.24) is 9.97 Å². The van der Waals surface area contributed by atoms with Crippen molar-refractivity contribution in [2.45, 2.75) is 0 Å².